The molecule has 0 saturated carbocycles. The van der Waals surface area contributed by atoms with E-state index in [0.29, 0.717) is 19.3 Å². The van der Waals surface area contributed by atoms with E-state index in [9.17, 15) is 14.4 Å². The van der Waals surface area contributed by atoms with Gasteiger partial charge in [-0.2, -0.15) is 0 Å². The highest BCUT2D eigenvalue weighted by Crippen LogP contribution is 2.16. The minimum Gasteiger partial charge on any atom is -0.462 e. The number of carbonyl (C=O) groups is 3. The molecule has 1 atom stereocenters. The monoisotopic (exact) mass is 1030 g/mol. The predicted octanol–water partition coefficient (Wildman–Crippen LogP) is 21.0. The van der Waals surface area contributed by atoms with E-state index in [1.807, 2.05) is 0 Å². The summed E-state index contributed by atoms with van der Waals surface area (Å²) >= 11 is 0. The topological polar surface area (TPSA) is 78.9 Å². The third kappa shape index (κ3) is 59.0. The second kappa shape index (κ2) is 61.6. The molecule has 0 aromatic carbocycles. The van der Waals surface area contributed by atoms with Crippen molar-refractivity contribution in [1.29, 1.82) is 0 Å². The summed E-state index contributed by atoms with van der Waals surface area (Å²) in [5, 5.41) is 0. The lowest BCUT2D eigenvalue weighted by Gasteiger charge is -2.18. The average Bonchev–Trinajstić information content (AvgIpc) is 3.40. The number of allylic oxidation sites excluding steroid dienone is 18. The van der Waals surface area contributed by atoms with E-state index < -0.39 is 6.10 Å². The first-order valence-corrected chi connectivity index (χ1v) is 30.9. The minimum atomic E-state index is -0.779. The number of ether oxygens (including phenoxy) is 3. The SMILES string of the molecule is CC/C=C\C/C=C\C/C=C\C/C=C\C/C=C\C/C=C\C/C=C\C/C=C\CCCCCCCCCCCCC(=O)OCC(COC(=O)CCCCCCC/C=C\CCC)OC(=O)CCCCCCCCCCCCC. The highest BCUT2D eigenvalue weighted by molar-refractivity contribution is 5.71. The van der Waals surface area contributed by atoms with Gasteiger partial charge in [-0.05, 0) is 103 Å². The molecule has 0 aromatic heterocycles. The van der Waals surface area contributed by atoms with Crippen LogP contribution in [0, 0.1) is 0 Å². The molecule has 0 saturated heterocycles. The molecule has 0 heterocycles. The van der Waals surface area contributed by atoms with Gasteiger partial charge in [-0.1, -0.05) is 271 Å². The Bertz CT molecular complexity index is 1510. The number of rotatable bonds is 55. The first kappa shape index (κ1) is 70.1. The molecule has 6 nitrogen and oxygen atoms in total. The molecule has 0 aliphatic carbocycles. The molecule has 1 unspecified atom stereocenters. The third-order valence-corrected chi connectivity index (χ3v) is 13.0. The summed E-state index contributed by atoms with van der Waals surface area (Å²) in [7, 11) is 0. The quantitative estimate of drug-likeness (QED) is 0.0261. The van der Waals surface area contributed by atoms with Crippen LogP contribution in [-0.4, -0.2) is 37.2 Å². The summed E-state index contributed by atoms with van der Waals surface area (Å²) in [4.78, 5) is 38.0. The van der Waals surface area contributed by atoms with Gasteiger partial charge in [0.05, 0.1) is 0 Å². The Morgan fingerprint density at radius 3 is 0.892 bits per heavy atom. The molecule has 0 radical (unpaired) electrons. The molecule has 0 spiro atoms. The Labute approximate surface area is 457 Å². The maximum absolute atomic E-state index is 12.8. The number of hydrogen-bond donors (Lipinski definition) is 0. The molecule has 0 N–H and O–H groups in total. The van der Waals surface area contributed by atoms with Gasteiger partial charge < -0.3 is 14.2 Å². The van der Waals surface area contributed by atoms with Crippen LogP contribution in [0.3, 0.4) is 0 Å². The number of unbranched alkanes of at least 4 members (excludes halogenated alkanes) is 26. The summed E-state index contributed by atoms with van der Waals surface area (Å²) in [5.74, 6) is -0.893. The normalized spacial score (nSPS) is 12.9. The van der Waals surface area contributed by atoms with Crippen LogP contribution in [0.1, 0.15) is 284 Å². The Hall–Kier alpha value is -3.93. The molecule has 74 heavy (non-hydrogen) atoms. The maximum Gasteiger partial charge on any atom is 0.306 e. The summed E-state index contributed by atoms with van der Waals surface area (Å²) in [6.45, 7) is 6.45. The van der Waals surface area contributed by atoms with Crippen LogP contribution in [0.15, 0.2) is 109 Å². The van der Waals surface area contributed by atoms with Crippen molar-refractivity contribution >= 4 is 17.9 Å². The zero-order valence-electron chi connectivity index (χ0n) is 48.3. The van der Waals surface area contributed by atoms with Crippen molar-refractivity contribution in [3.63, 3.8) is 0 Å². The lowest BCUT2D eigenvalue weighted by atomic mass is 10.1. The second-order valence-electron chi connectivity index (χ2n) is 20.2. The molecule has 0 rings (SSSR count). The van der Waals surface area contributed by atoms with Crippen LogP contribution in [0.4, 0.5) is 0 Å². The van der Waals surface area contributed by atoms with Crippen LogP contribution >= 0.6 is 0 Å². The molecule has 0 aliphatic heterocycles. The lowest BCUT2D eigenvalue weighted by molar-refractivity contribution is -0.167. The van der Waals surface area contributed by atoms with E-state index in [1.54, 1.807) is 0 Å². The van der Waals surface area contributed by atoms with E-state index in [-0.39, 0.29) is 31.1 Å². The molecular weight excluding hydrogens is 913 g/mol. The second-order valence-corrected chi connectivity index (χ2v) is 20.2. The first-order chi connectivity index (χ1) is 36.5. The number of carbonyl (C=O) groups excluding carboxylic acids is 3. The summed E-state index contributed by atoms with van der Waals surface area (Å²) < 4.78 is 16.8. The maximum atomic E-state index is 12.8. The Morgan fingerprint density at radius 2 is 0.554 bits per heavy atom. The summed E-state index contributed by atoms with van der Waals surface area (Å²) in [5.41, 5.74) is 0. The average molecular weight is 1030 g/mol. The molecular formula is C68H114O6. The van der Waals surface area contributed by atoms with Crippen LogP contribution < -0.4 is 0 Å². The van der Waals surface area contributed by atoms with Crippen LogP contribution in [0.2, 0.25) is 0 Å². The number of hydrogen-bond acceptors (Lipinski definition) is 6. The minimum absolute atomic E-state index is 0.0806. The van der Waals surface area contributed by atoms with Crippen molar-refractivity contribution < 1.29 is 28.6 Å². The van der Waals surface area contributed by atoms with E-state index in [2.05, 4.69) is 130 Å². The molecule has 422 valence electrons. The Kier molecular flexibility index (Phi) is 58.3. The molecule has 0 fully saturated rings. The number of esters is 3. The van der Waals surface area contributed by atoms with Crippen LogP contribution in [-0.2, 0) is 28.6 Å². The summed E-state index contributed by atoms with van der Waals surface area (Å²) in [6, 6.07) is 0. The van der Waals surface area contributed by atoms with Gasteiger partial charge in [-0.15, -0.1) is 0 Å². The van der Waals surface area contributed by atoms with Gasteiger partial charge in [0, 0.05) is 19.3 Å². The van der Waals surface area contributed by atoms with E-state index in [1.165, 1.54) is 122 Å². The first-order valence-electron chi connectivity index (χ1n) is 30.9. The van der Waals surface area contributed by atoms with Gasteiger partial charge in [0.2, 0.25) is 0 Å². The van der Waals surface area contributed by atoms with Crippen molar-refractivity contribution in [2.24, 2.45) is 0 Å². The van der Waals surface area contributed by atoms with Crippen molar-refractivity contribution in [2.45, 2.75) is 290 Å². The largest absolute Gasteiger partial charge is 0.462 e. The van der Waals surface area contributed by atoms with Gasteiger partial charge in [-0.25, -0.2) is 0 Å². The highest BCUT2D eigenvalue weighted by Gasteiger charge is 2.19. The van der Waals surface area contributed by atoms with Crippen molar-refractivity contribution in [2.75, 3.05) is 13.2 Å². The zero-order valence-corrected chi connectivity index (χ0v) is 48.3. The van der Waals surface area contributed by atoms with Crippen LogP contribution in [0.5, 0.6) is 0 Å². The van der Waals surface area contributed by atoms with Gasteiger partial charge in [0.1, 0.15) is 13.2 Å². The molecule has 6 heteroatoms. The molecule has 0 amide bonds. The van der Waals surface area contributed by atoms with Crippen molar-refractivity contribution in [3.8, 4) is 0 Å². The zero-order chi connectivity index (χ0) is 53.6. The van der Waals surface area contributed by atoms with Gasteiger partial charge >= 0.3 is 17.9 Å². The summed E-state index contributed by atoms with van der Waals surface area (Å²) in [6.07, 6.45) is 84.0. The van der Waals surface area contributed by atoms with E-state index in [0.717, 1.165) is 122 Å². The molecule has 0 bridgehead atoms. The van der Waals surface area contributed by atoms with Crippen LogP contribution in [0.25, 0.3) is 0 Å². The fourth-order valence-corrected chi connectivity index (χ4v) is 8.40. The lowest BCUT2D eigenvalue weighted by Crippen LogP contribution is -2.30. The fourth-order valence-electron chi connectivity index (χ4n) is 8.40. The molecule has 0 aliphatic rings. The standard InChI is InChI=1S/C68H114O6/c1-4-7-10-13-16-19-22-23-24-25-26-27-28-29-30-31-32-33-34-35-36-37-38-39-40-41-42-43-44-45-47-49-52-55-58-61-67(70)73-64-65(63-72-66(69)60-57-54-51-48-21-18-15-12-9-6-3)74-68(71)62-59-56-53-50-46-20-17-14-11-8-5-2/h7,10,12,15-16,19,23-24,26-27,29-30,32-33,35-36,38-39,65H,4-6,8-9,11,13-14,17-18,20-22,25,28,31,34,37,40-64H2,1-3H3/b10-7-,15-12-,19-16-,24-23-,27-26-,30-29-,33-32-,36-35-,39-38-. The predicted molar refractivity (Wildman–Crippen MR) is 320 cm³/mol. The Balaban J connectivity index is 4.10. The van der Waals surface area contributed by atoms with Gasteiger partial charge in [0.25, 0.3) is 0 Å². The van der Waals surface area contributed by atoms with Gasteiger partial charge in [-0.3, -0.25) is 14.4 Å². The van der Waals surface area contributed by atoms with Crippen molar-refractivity contribution in [3.05, 3.63) is 109 Å². The van der Waals surface area contributed by atoms with Crippen molar-refractivity contribution in [1.82, 2.24) is 0 Å². The van der Waals surface area contributed by atoms with Gasteiger partial charge in [0.15, 0.2) is 6.10 Å². The fraction of sp³-hybridized carbons (Fsp3) is 0.691. The highest BCUT2D eigenvalue weighted by atomic mass is 16.6. The molecule has 0 aromatic rings. The Morgan fingerprint density at radius 1 is 0.284 bits per heavy atom. The van der Waals surface area contributed by atoms with E-state index >= 15 is 0 Å². The third-order valence-electron chi connectivity index (χ3n) is 13.0. The van der Waals surface area contributed by atoms with E-state index in [4.69, 9.17) is 14.2 Å². The smallest absolute Gasteiger partial charge is 0.306 e.